The number of carbonyl (C=O) groups is 2. The second-order valence-corrected chi connectivity index (χ2v) is 8.17. The fourth-order valence-electron chi connectivity index (χ4n) is 4.08. The van der Waals surface area contributed by atoms with Crippen molar-refractivity contribution < 1.29 is 24.5 Å². The summed E-state index contributed by atoms with van der Waals surface area (Å²) in [4.78, 5) is 31.9. The smallest absolute Gasteiger partial charge is 0.296 e. The van der Waals surface area contributed by atoms with Crippen molar-refractivity contribution >= 4 is 17.4 Å². The Hall–Kier alpha value is -4.13. The van der Waals surface area contributed by atoms with Crippen LogP contribution in [0.3, 0.4) is 0 Å². The molecule has 1 fully saturated rings. The number of hydrogen-bond donors (Lipinski definition) is 2. The van der Waals surface area contributed by atoms with Gasteiger partial charge in [0.1, 0.15) is 17.3 Å². The Labute approximate surface area is 198 Å². The van der Waals surface area contributed by atoms with Crippen molar-refractivity contribution in [1.82, 2.24) is 9.88 Å². The van der Waals surface area contributed by atoms with E-state index in [0.29, 0.717) is 29.2 Å². The molecule has 3 aromatic rings. The first-order valence-electron chi connectivity index (χ1n) is 11.1. The van der Waals surface area contributed by atoms with Gasteiger partial charge in [0.05, 0.1) is 30.5 Å². The average Bonchev–Trinajstić information content (AvgIpc) is 3.08. The lowest BCUT2D eigenvalue weighted by Gasteiger charge is -2.25. The summed E-state index contributed by atoms with van der Waals surface area (Å²) in [6.45, 7) is 4.52. The number of aryl methyl sites for hydroxylation is 1. The predicted octanol–water partition coefficient (Wildman–Crippen LogP) is 4.51. The predicted molar refractivity (Wildman–Crippen MR) is 127 cm³/mol. The molecule has 34 heavy (non-hydrogen) atoms. The highest BCUT2D eigenvalue weighted by Crippen LogP contribution is 2.41. The van der Waals surface area contributed by atoms with E-state index >= 15 is 0 Å². The number of amides is 1. The van der Waals surface area contributed by atoms with Crippen molar-refractivity contribution in [2.75, 3.05) is 6.61 Å². The van der Waals surface area contributed by atoms with E-state index in [2.05, 4.69) is 4.98 Å². The molecule has 0 bridgehead atoms. The third kappa shape index (κ3) is 4.50. The van der Waals surface area contributed by atoms with E-state index in [1.807, 2.05) is 13.8 Å². The normalized spacial score (nSPS) is 17.2. The van der Waals surface area contributed by atoms with Gasteiger partial charge in [-0.3, -0.25) is 14.6 Å². The second kappa shape index (κ2) is 9.79. The van der Waals surface area contributed by atoms with E-state index in [4.69, 9.17) is 4.74 Å². The van der Waals surface area contributed by atoms with Crippen LogP contribution in [-0.4, -0.2) is 38.4 Å². The van der Waals surface area contributed by atoms with Gasteiger partial charge in [0.15, 0.2) is 0 Å². The van der Waals surface area contributed by atoms with Gasteiger partial charge in [-0.25, -0.2) is 0 Å². The molecule has 1 amide bonds. The van der Waals surface area contributed by atoms with Gasteiger partial charge in [-0.15, -0.1) is 0 Å². The first kappa shape index (κ1) is 23.0. The summed E-state index contributed by atoms with van der Waals surface area (Å²) in [7, 11) is 0. The van der Waals surface area contributed by atoms with Gasteiger partial charge in [-0.2, -0.15) is 0 Å². The Kier molecular flexibility index (Phi) is 6.63. The summed E-state index contributed by atoms with van der Waals surface area (Å²) in [5, 5.41) is 21.3. The second-order valence-electron chi connectivity index (χ2n) is 8.17. The molecule has 1 saturated heterocycles. The number of pyridine rings is 1. The zero-order chi connectivity index (χ0) is 24.2. The summed E-state index contributed by atoms with van der Waals surface area (Å²) in [5.74, 6) is -1.11. The number of ketones is 1. The topological polar surface area (TPSA) is 100.0 Å². The fraction of sp³-hybridized carbons (Fsp3) is 0.222. The maximum absolute atomic E-state index is 13.2. The maximum Gasteiger partial charge on any atom is 0.296 e. The lowest BCUT2D eigenvalue weighted by atomic mass is 9.94. The van der Waals surface area contributed by atoms with Crippen molar-refractivity contribution in [2.45, 2.75) is 32.9 Å². The van der Waals surface area contributed by atoms with Crippen molar-refractivity contribution in [3.8, 4) is 11.5 Å². The number of aliphatic hydroxyl groups excluding tert-OH is 1. The number of carbonyl (C=O) groups excluding carboxylic acids is 2. The maximum atomic E-state index is 13.2. The Balaban J connectivity index is 1.82. The van der Waals surface area contributed by atoms with Crippen LogP contribution in [0.1, 0.15) is 41.8 Å². The van der Waals surface area contributed by atoms with Gasteiger partial charge < -0.3 is 19.8 Å². The van der Waals surface area contributed by atoms with Gasteiger partial charge in [0, 0.05) is 11.8 Å². The van der Waals surface area contributed by atoms with Gasteiger partial charge in [-0.05, 0) is 66.9 Å². The zero-order valence-corrected chi connectivity index (χ0v) is 19.1. The number of aromatic hydroxyl groups is 1. The molecule has 1 atom stereocenters. The summed E-state index contributed by atoms with van der Waals surface area (Å²) in [6, 6.07) is 15.9. The monoisotopic (exact) mass is 458 g/mol. The van der Waals surface area contributed by atoms with E-state index in [0.717, 1.165) is 12.0 Å². The van der Waals surface area contributed by atoms with Crippen LogP contribution in [0.15, 0.2) is 72.4 Å². The summed E-state index contributed by atoms with van der Waals surface area (Å²) < 4.78 is 5.71. The number of Topliss-reactive ketones (excluding diaryl/α,β-unsaturated/α-hetero) is 1. The van der Waals surface area contributed by atoms with Crippen LogP contribution in [-0.2, 0) is 16.1 Å². The summed E-state index contributed by atoms with van der Waals surface area (Å²) >= 11 is 0. The van der Waals surface area contributed by atoms with E-state index in [1.165, 1.54) is 17.0 Å². The van der Waals surface area contributed by atoms with Crippen LogP contribution in [0, 0.1) is 6.92 Å². The molecule has 1 aliphatic rings. The molecule has 4 rings (SSSR count). The highest BCUT2D eigenvalue weighted by Gasteiger charge is 2.46. The number of rotatable bonds is 7. The van der Waals surface area contributed by atoms with Crippen LogP contribution >= 0.6 is 0 Å². The van der Waals surface area contributed by atoms with Gasteiger partial charge in [-0.1, -0.05) is 25.1 Å². The molecular weight excluding hydrogens is 432 g/mol. The molecule has 1 aliphatic heterocycles. The fourth-order valence-corrected chi connectivity index (χ4v) is 4.08. The number of phenolic OH excluding ortho intramolecular Hbond substituents is 1. The van der Waals surface area contributed by atoms with E-state index < -0.39 is 17.7 Å². The number of ether oxygens (including phenoxy) is 1. The Morgan fingerprint density at radius 2 is 1.91 bits per heavy atom. The third-order valence-electron chi connectivity index (χ3n) is 5.69. The van der Waals surface area contributed by atoms with E-state index in [9.17, 15) is 19.8 Å². The zero-order valence-electron chi connectivity index (χ0n) is 19.1. The van der Waals surface area contributed by atoms with Crippen molar-refractivity contribution in [2.24, 2.45) is 0 Å². The number of aliphatic hydroxyl groups is 1. The molecule has 1 unspecified atom stereocenters. The van der Waals surface area contributed by atoms with Crippen LogP contribution in [0.25, 0.3) is 5.76 Å². The molecule has 7 heteroatoms. The molecule has 2 heterocycles. The van der Waals surface area contributed by atoms with Gasteiger partial charge >= 0.3 is 0 Å². The number of hydrogen-bond acceptors (Lipinski definition) is 6. The first-order chi connectivity index (χ1) is 16.4. The van der Waals surface area contributed by atoms with Crippen LogP contribution in [0.4, 0.5) is 0 Å². The number of phenols is 1. The van der Waals surface area contributed by atoms with Crippen molar-refractivity contribution in [3.05, 3.63) is 94.8 Å². The number of likely N-dealkylation sites (tertiary alicyclic amines) is 1. The number of aromatic nitrogens is 1. The third-order valence-corrected chi connectivity index (χ3v) is 5.69. The summed E-state index contributed by atoms with van der Waals surface area (Å²) in [6.07, 6.45) is 2.48. The minimum atomic E-state index is -0.884. The molecule has 0 aliphatic carbocycles. The quantitative estimate of drug-likeness (QED) is 0.307. The largest absolute Gasteiger partial charge is 0.508 e. The van der Waals surface area contributed by atoms with Gasteiger partial charge in [0.2, 0.25) is 0 Å². The molecule has 0 radical (unpaired) electrons. The highest BCUT2D eigenvalue weighted by atomic mass is 16.5. The first-order valence-corrected chi connectivity index (χ1v) is 11.1. The highest BCUT2D eigenvalue weighted by molar-refractivity contribution is 6.46. The summed E-state index contributed by atoms with van der Waals surface area (Å²) in [5.41, 5.74) is 2.28. The minimum absolute atomic E-state index is 0.00538. The lowest BCUT2D eigenvalue weighted by molar-refractivity contribution is -0.140. The van der Waals surface area contributed by atoms with Crippen LogP contribution in [0.2, 0.25) is 0 Å². The van der Waals surface area contributed by atoms with Crippen LogP contribution < -0.4 is 4.74 Å². The number of benzene rings is 2. The molecule has 2 N–H and O–H groups in total. The standard InChI is InChI=1S/C27H26N2O5/c1-3-13-34-22-11-10-19(14-17(22)2)25(31)23-24(18-7-6-9-21(30)15-18)29(27(33)26(23)32)16-20-8-4-5-12-28-20/h4-12,14-15,24,30-31H,3,13,16H2,1-2H3/b25-23-. The molecule has 1 aromatic heterocycles. The molecule has 2 aromatic carbocycles. The minimum Gasteiger partial charge on any atom is -0.508 e. The van der Waals surface area contributed by atoms with Crippen molar-refractivity contribution in [3.63, 3.8) is 0 Å². The number of nitrogens with zero attached hydrogens (tertiary/aromatic N) is 2. The Bertz CT molecular complexity index is 1250. The van der Waals surface area contributed by atoms with Crippen molar-refractivity contribution in [1.29, 1.82) is 0 Å². The Morgan fingerprint density at radius 1 is 1.09 bits per heavy atom. The molecule has 7 nitrogen and oxygen atoms in total. The Morgan fingerprint density at radius 3 is 2.59 bits per heavy atom. The SMILES string of the molecule is CCCOc1ccc(/C(O)=C2/C(=O)C(=O)N(Cc3ccccn3)C2c2cccc(O)c2)cc1C. The molecule has 0 spiro atoms. The molecule has 0 saturated carbocycles. The lowest BCUT2D eigenvalue weighted by Crippen LogP contribution is -2.29. The van der Waals surface area contributed by atoms with Crippen LogP contribution in [0.5, 0.6) is 11.5 Å². The van der Waals surface area contributed by atoms with E-state index in [1.54, 1.807) is 54.7 Å². The van der Waals surface area contributed by atoms with E-state index in [-0.39, 0.29) is 23.6 Å². The molecule has 174 valence electrons. The molecular formula is C27H26N2O5. The average molecular weight is 459 g/mol. The van der Waals surface area contributed by atoms with Gasteiger partial charge in [0.25, 0.3) is 11.7 Å².